The van der Waals surface area contributed by atoms with Gasteiger partial charge in [-0.15, -0.1) is 0 Å². The summed E-state index contributed by atoms with van der Waals surface area (Å²) in [6.07, 6.45) is 9.60. The zero-order valence-electron chi connectivity index (χ0n) is 14.5. The first-order valence-electron chi connectivity index (χ1n) is 9.21. The van der Waals surface area contributed by atoms with Gasteiger partial charge in [0.2, 0.25) is 17.6 Å². The quantitative estimate of drug-likeness (QED) is 0.874. The summed E-state index contributed by atoms with van der Waals surface area (Å²) in [5.74, 6) is 3.48. The van der Waals surface area contributed by atoms with Crippen molar-refractivity contribution < 1.29 is 9.32 Å². The molecule has 2 aromatic heterocycles. The van der Waals surface area contributed by atoms with Gasteiger partial charge in [0.15, 0.2) is 0 Å². The largest absolute Gasteiger partial charge is 0.353 e. The molecular weight excluding hydrogens is 316 g/mol. The molecule has 1 N–H and O–H groups in total. The number of aryl methyl sites for hydroxylation is 1. The summed E-state index contributed by atoms with van der Waals surface area (Å²) in [5.41, 5.74) is 0.861. The number of carbonyl (C=O) groups is 1. The van der Waals surface area contributed by atoms with E-state index in [1.165, 1.54) is 25.7 Å². The summed E-state index contributed by atoms with van der Waals surface area (Å²) in [4.78, 5) is 20.6. The lowest BCUT2D eigenvalue weighted by Crippen LogP contribution is -2.40. The second-order valence-electron chi connectivity index (χ2n) is 7.44. The molecule has 2 aliphatic carbocycles. The number of aromatic nitrogens is 3. The zero-order chi connectivity index (χ0) is 17.2. The third kappa shape index (κ3) is 3.57. The fraction of sp³-hybridized carbons (Fsp3) is 0.579. The highest BCUT2D eigenvalue weighted by molar-refractivity contribution is 5.76. The van der Waals surface area contributed by atoms with E-state index in [9.17, 15) is 4.79 Å². The van der Waals surface area contributed by atoms with Crippen molar-refractivity contribution in [2.45, 2.75) is 51.5 Å². The van der Waals surface area contributed by atoms with Crippen LogP contribution in [0.5, 0.6) is 0 Å². The molecule has 2 aliphatic rings. The maximum Gasteiger partial charge on any atom is 0.227 e. The highest BCUT2D eigenvalue weighted by Gasteiger charge is 2.42. The molecule has 4 atom stereocenters. The average Bonchev–Trinajstić information content (AvgIpc) is 3.37. The molecule has 0 aromatic carbocycles. The van der Waals surface area contributed by atoms with Crippen molar-refractivity contribution in [3.63, 3.8) is 0 Å². The van der Waals surface area contributed by atoms with Gasteiger partial charge in [0.1, 0.15) is 0 Å². The Hall–Kier alpha value is -2.24. The highest BCUT2D eigenvalue weighted by Crippen LogP contribution is 2.49. The third-order valence-corrected chi connectivity index (χ3v) is 5.80. The minimum absolute atomic E-state index is 0.0685. The van der Waals surface area contributed by atoms with Gasteiger partial charge in [0, 0.05) is 36.8 Å². The first-order chi connectivity index (χ1) is 12.2. The number of hydrogen-bond acceptors (Lipinski definition) is 5. The van der Waals surface area contributed by atoms with Crippen molar-refractivity contribution in [2.24, 2.45) is 17.8 Å². The Labute approximate surface area is 147 Å². The number of carbonyl (C=O) groups excluding carboxylic acids is 1. The van der Waals surface area contributed by atoms with Gasteiger partial charge >= 0.3 is 0 Å². The highest BCUT2D eigenvalue weighted by atomic mass is 16.5. The summed E-state index contributed by atoms with van der Waals surface area (Å²) in [6, 6.07) is 3.93. The van der Waals surface area contributed by atoms with Gasteiger partial charge in [-0.05, 0) is 56.1 Å². The molecule has 4 rings (SSSR count). The Bertz CT molecular complexity index is 730. The number of nitrogens with zero attached hydrogens (tertiary/aromatic N) is 3. The number of nitrogens with one attached hydrogen (secondary N) is 1. The van der Waals surface area contributed by atoms with Crippen LogP contribution in [-0.2, 0) is 11.2 Å². The fourth-order valence-corrected chi connectivity index (χ4v) is 4.53. The predicted octanol–water partition coefficient (Wildman–Crippen LogP) is 3.01. The van der Waals surface area contributed by atoms with Gasteiger partial charge in [-0.2, -0.15) is 4.98 Å². The molecule has 0 spiro atoms. The summed E-state index contributed by atoms with van der Waals surface area (Å²) in [6.45, 7) is 2.15. The molecule has 6 heteroatoms. The van der Waals surface area contributed by atoms with Gasteiger partial charge in [-0.1, -0.05) is 11.6 Å². The smallest absolute Gasteiger partial charge is 0.227 e. The van der Waals surface area contributed by atoms with Crippen LogP contribution in [0.2, 0.25) is 0 Å². The van der Waals surface area contributed by atoms with E-state index >= 15 is 0 Å². The van der Waals surface area contributed by atoms with Crippen molar-refractivity contribution in [3.05, 3.63) is 30.4 Å². The maximum absolute atomic E-state index is 12.3. The molecule has 0 aliphatic heterocycles. The van der Waals surface area contributed by atoms with Crippen LogP contribution in [0, 0.1) is 17.8 Å². The molecule has 0 radical (unpaired) electrons. The Morgan fingerprint density at radius 2 is 2.16 bits per heavy atom. The zero-order valence-corrected chi connectivity index (χ0v) is 14.5. The minimum Gasteiger partial charge on any atom is -0.353 e. The molecule has 0 saturated heterocycles. The Kier molecular flexibility index (Phi) is 4.51. The summed E-state index contributed by atoms with van der Waals surface area (Å²) in [5, 5.41) is 7.15. The topological polar surface area (TPSA) is 80.9 Å². The average molecular weight is 340 g/mol. The molecular formula is C19H24N4O2. The van der Waals surface area contributed by atoms with E-state index in [1.807, 2.05) is 12.1 Å². The first kappa shape index (κ1) is 16.2. The molecule has 2 aromatic rings. The predicted molar refractivity (Wildman–Crippen MR) is 92.4 cm³/mol. The van der Waals surface area contributed by atoms with Gasteiger partial charge < -0.3 is 9.84 Å². The van der Waals surface area contributed by atoms with Gasteiger partial charge in [-0.25, -0.2) is 0 Å². The van der Waals surface area contributed by atoms with E-state index in [2.05, 4.69) is 27.4 Å². The number of fused-ring (bicyclic) bond motifs is 2. The van der Waals surface area contributed by atoms with Gasteiger partial charge in [0.05, 0.1) is 0 Å². The molecule has 2 fully saturated rings. The maximum atomic E-state index is 12.3. The van der Waals surface area contributed by atoms with Crippen molar-refractivity contribution in [1.82, 2.24) is 20.4 Å². The Balaban J connectivity index is 1.27. The van der Waals surface area contributed by atoms with Crippen LogP contribution in [0.15, 0.2) is 29.0 Å². The number of hydrogen-bond donors (Lipinski definition) is 1. The van der Waals surface area contributed by atoms with Crippen LogP contribution < -0.4 is 5.32 Å². The number of rotatable bonds is 6. The van der Waals surface area contributed by atoms with Crippen LogP contribution >= 0.6 is 0 Å². The third-order valence-electron chi connectivity index (χ3n) is 5.80. The van der Waals surface area contributed by atoms with Crippen LogP contribution in [0.4, 0.5) is 0 Å². The van der Waals surface area contributed by atoms with E-state index in [1.54, 1.807) is 12.4 Å². The lowest BCUT2D eigenvalue weighted by molar-refractivity contribution is -0.122. The Morgan fingerprint density at radius 1 is 1.32 bits per heavy atom. The minimum atomic E-state index is 0.0685. The number of amides is 1. The normalized spacial score (nSPS) is 25.9. The van der Waals surface area contributed by atoms with E-state index in [4.69, 9.17) is 4.52 Å². The summed E-state index contributed by atoms with van der Waals surface area (Å²) in [7, 11) is 0. The van der Waals surface area contributed by atoms with Crippen molar-refractivity contribution in [3.8, 4) is 11.4 Å². The second-order valence-corrected chi connectivity index (χ2v) is 7.44. The van der Waals surface area contributed by atoms with E-state index in [0.717, 1.165) is 17.4 Å². The van der Waals surface area contributed by atoms with Crippen molar-refractivity contribution in [2.75, 3.05) is 0 Å². The molecule has 132 valence electrons. The molecule has 2 saturated carbocycles. The molecule has 25 heavy (non-hydrogen) atoms. The molecule has 0 unspecified atom stereocenters. The van der Waals surface area contributed by atoms with Gasteiger partial charge in [0.25, 0.3) is 0 Å². The van der Waals surface area contributed by atoms with Crippen LogP contribution in [-0.4, -0.2) is 27.1 Å². The van der Waals surface area contributed by atoms with Crippen LogP contribution in [0.3, 0.4) is 0 Å². The standard InChI is InChI=1S/C19H24N4O2/c1-12(16-11-13-2-3-15(16)10-13)21-17(24)4-5-18-22-19(23-25-18)14-6-8-20-9-7-14/h6-9,12-13,15-16H,2-5,10-11H2,1H3,(H,21,24)/t12-,13-,15-,16-/m0/s1. The summed E-state index contributed by atoms with van der Waals surface area (Å²) < 4.78 is 5.25. The fourth-order valence-electron chi connectivity index (χ4n) is 4.53. The van der Waals surface area contributed by atoms with E-state index in [-0.39, 0.29) is 11.9 Å². The monoisotopic (exact) mass is 340 g/mol. The molecule has 2 bridgehead atoms. The van der Waals surface area contributed by atoms with Crippen molar-refractivity contribution >= 4 is 5.91 Å². The summed E-state index contributed by atoms with van der Waals surface area (Å²) >= 11 is 0. The lowest BCUT2D eigenvalue weighted by atomic mass is 9.84. The second kappa shape index (κ2) is 6.94. The van der Waals surface area contributed by atoms with E-state index < -0.39 is 0 Å². The molecule has 2 heterocycles. The lowest BCUT2D eigenvalue weighted by Gasteiger charge is -2.28. The van der Waals surface area contributed by atoms with Gasteiger partial charge in [-0.3, -0.25) is 9.78 Å². The molecule has 6 nitrogen and oxygen atoms in total. The van der Waals surface area contributed by atoms with Crippen molar-refractivity contribution in [1.29, 1.82) is 0 Å². The molecule has 1 amide bonds. The Morgan fingerprint density at radius 3 is 2.88 bits per heavy atom. The van der Waals surface area contributed by atoms with Crippen LogP contribution in [0.1, 0.15) is 44.9 Å². The number of pyridine rings is 1. The first-order valence-corrected chi connectivity index (χ1v) is 9.21. The SMILES string of the molecule is C[C@H](NC(=O)CCc1nc(-c2ccncc2)no1)[C@@H]1C[C@H]2CC[C@H]1C2. The van der Waals surface area contributed by atoms with Crippen LogP contribution in [0.25, 0.3) is 11.4 Å². The van der Waals surface area contributed by atoms with E-state index in [0.29, 0.717) is 30.5 Å².